The largest absolute Gasteiger partial charge is 0.493 e. The molecule has 0 radical (unpaired) electrons. The van der Waals surface area contributed by atoms with Gasteiger partial charge in [0.25, 0.3) is 11.8 Å². The smallest absolute Gasteiger partial charge is 0.264 e. The molecule has 2 aromatic rings. The van der Waals surface area contributed by atoms with Crippen LogP contribution in [0.2, 0.25) is 0 Å². The topological polar surface area (TPSA) is 91.4 Å². The first-order valence-corrected chi connectivity index (χ1v) is 14.5. The monoisotopic (exact) mass is 546 g/mol. The van der Waals surface area contributed by atoms with Crippen LogP contribution in [-0.4, -0.2) is 74.0 Å². The van der Waals surface area contributed by atoms with Crippen molar-refractivity contribution in [1.29, 1.82) is 0 Å². The number of hydrogen-bond acceptors (Lipinski definition) is 6. The number of nitrogens with zero attached hydrogens (tertiary/aromatic N) is 3. The van der Waals surface area contributed by atoms with Gasteiger partial charge in [-0.2, -0.15) is 0 Å². The van der Waals surface area contributed by atoms with Gasteiger partial charge in [-0.05, 0) is 69.3 Å². The van der Waals surface area contributed by atoms with Crippen LogP contribution in [0.25, 0.3) is 0 Å². The predicted molar refractivity (Wildman–Crippen MR) is 151 cm³/mol. The van der Waals surface area contributed by atoms with Crippen LogP contribution in [0.3, 0.4) is 0 Å². The Morgan fingerprint density at radius 1 is 0.975 bits per heavy atom. The Labute approximate surface area is 235 Å². The fourth-order valence-electron chi connectivity index (χ4n) is 7.21. The lowest BCUT2D eigenvalue weighted by Crippen LogP contribution is -2.51. The van der Waals surface area contributed by atoms with Crippen molar-refractivity contribution < 1.29 is 23.9 Å². The normalized spacial score (nSPS) is 23.7. The minimum absolute atomic E-state index is 0.0175. The Morgan fingerprint density at radius 2 is 1.80 bits per heavy atom. The quantitative estimate of drug-likeness (QED) is 0.539. The van der Waals surface area contributed by atoms with Crippen LogP contribution in [0.4, 0.5) is 5.69 Å². The Hall–Kier alpha value is -3.59. The molecule has 2 fully saturated rings. The van der Waals surface area contributed by atoms with Gasteiger partial charge in [-0.3, -0.25) is 19.3 Å². The minimum atomic E-state index is -0.604. The fourth-order valence-corrected chi connectivity index (χ4v) is 7.21. The molecule has 1 N–H and O–H groups in total. The molecule has 9 heteroatoms. The summed E-state index contributed by atoms with van der Waals surface area (Å²) >= 11 is 0. The molecule has 4 aliphatic rings. The van der Waals surface area contributed by atoms with E-state index in [2.05, 4.69) is 10.2 Å². The molecular weight excluding hydrogens is 508 g/mol. The highest BCUT2D eigenvalue weighted by Crippen LogP contribution is 2.49. The molecule has 212 valence electrons. The van der Waals surface area contributed by atoms with E-state index in [9.17, 15) is 14.4 Å². The summed E-state index contributed by atoms with van der Waals surface area (Å²) < 4.78 is 11.0. The molecule has 3 atom stereocenters. The third-order valence-corrected chi connectivity index (χ3v) is 9.08. The molecule has 0 saturated carbocycles. The maximum absolute atomic E-state index is 13.8. The second-order valence-corrected chi connectivity index (χ2v) is 11.2. The first-order valence-electron chi connectivity index (χ1n) is 14.5. The summed E-state index contributed by atoms with van der Waals surface area (Å²) in [6.45, 7) is 3.44. The van der Waals surface area contributed by atoms with E-state index in [1.807, 2.05) is 12.1 Å². The van der Waals surface area contributed by atoms with E-state index in [0.717, 1.165) is 6.54 Å². The number of benzene rings is 2. The van der Waals surface area contributed by atoms with E-state index < -0.39 is 6.17 Å². The molecule has 0 aliphatic carbocycles. The van der Waals surface area contributed by atoms with Crippen molar-refractivity contribution in [3.8, 4) is 11.5 Å². The Morgan fingerprint density at radius 3 is 2.62 bits per heavy atom. The highest BCUT2D eigenvalue weighted by Gasteiger charge is 2.49. The van der Waals surface area contributed by atoms with E-state index in [1.165, 1.54) is 59.4 Å². The number of amides is 3. The van der Waals surface area contributed by atoms with Crippen molar-refractivity contribution in [2.45, 2.75) is 57.2 Å². The van der Waals surface area contributed by atoms with Crippen LogP contribution in [-0.2, 0) is 4.79 Å². The number of fused-ring (bicyclic) bond motifs is 6. The molecule has 2 saturated heterocycles. The van der Waals surface area contributed by atoms with Crippen LogP contribution in [0.1, 0.15) is 77.4 Å². The molecule has 4 aliphatic heterocycles. The summed E-state index contributed by atoms with van der Waals surface area (Å²) in [5.41, 5.74) is 2.16. The number of hydrogen-bond donors (Lipinski definition) is 1. The molecule has 0 aromatic heterocycles. The zero-order valence-electron chi connectivity index (χ0n) is 23.4. The molecule has 4 heterocycles. The summed E-state index contributed by atoms with van der Waals surface area (Å²) in [7, 11) is 3.05. The average Bonchev–Trinajstić information content (AvgIpc) is 3.29. The number of methoxy groups -OCH3 is 2. The molecule has 0 bridgehead atoms. The van der Waals surface area contributed by atoms with Gasteiger partial charge < -0.3 is 24.6 Å². The molecule has 1 unspecified atom stereocenters. The van der Waals surface area contributed by atoms with Gasteiger partial charge in [0.2, 0.25) is 5.91 Å². The van der Waals surface area contributed by atoms with Crippen molar-refractivity contribution in [3.63, 3.8) is 0 Å². The van der Waals surface area contributed by atoms with E-state index >= 15 is 0 Å². The number of piperidine rings is 2. The molecule has 0 spiro atoms. The number of anilines is 1. The first kappa shape index (κ1) is 26.6. The fraction of sp³-hybridized carbons (Fsp3) is 0.516. The lowest BCUT2D eigenvalue weighted by Gasteiger charge is -2.44. The van der Waals surface area contributed by atoms with Gasteiger partial charge in [-0.25, -0.2) is 0 Å². The van der Waals surface area contributed by atoms with E-state index in [-0.39, 0.29) is 17.7 Å². The SMILES string of the molecule is COc1ccc2c(c1OC)C(=O)N1c3ccccc3C(=O)N(CCCC(=O)NC[C@@H]3CCCN4CCCC[C@H]34)C21. The number of rotatable bonds is 8. The maximum Gasteiger partial charge on any atom is 0.264 e. The minimum Gasteiger partial charge on any atom is -0.493 e. The number of para-hydroxylation sites is 1. The van der Waals surface area contributed by atoms with Crippen molar-refractivity contribution >= 4 is 23.4 Å². The van der Waals surface area contributed by atoms with Gasteiger partial charge in [-0.15, -0.1) is 0 Å². The molecule has 40 heavy (non-hydrogen) atoms. The summed E-state index contributed by atoms with van der Waals surface area (Å²) in [6, 6.07) is 11.4. The van der Waals surface area contributed by atoms with Gasteiger partial charge in [-0.1, -0.05) is 24.6 Å². The van der Waals surface area contributed by atoms with Gasteiger partial charge in [0.1, 0.15) is 6.17 Å². The molecule has 2 aromatic carbocycles. The highest BCUT2D eigenvalue weighted by molar-refractivity contribution is 6.18. The van der Waals surface area contributed by atoms with E-state index in [0.29, 0.717) is 65.2 Å². The second-order valence-electron chi connectivity index (χ2n) is 11.2. The zero-order valence-corrected chi connectivity index (χ0v) is 23.4. The number of ether oxygens (including phenoxy) is 2. The summed E-state index contributed by atoms with van der Waals surface area (Å²) in [4.78, 5) is 46.4. The Balaban J connectivity index is 1.17. The summed E-state index contributed by atoms with van der Waals surface area (Å²) in [5.74, 6) is 0.980. The summed E-state index contributed by atoms with van der Waals surface area (Å²) in [5, 5.41) is 3.18. The lowest BCUT2D eigenvalue weighted by atomic mass is 9.83. The van der Waals surface area contributed by atoms with Crippen LogP contribution in [0, 0.1) is 5.92 Å². The standard InChI is InChI=1S/C31H38N4O5/c1-39-25-15-14-22-27(28(25)40-2)31(38)35-24-12-4-3-10-21(24)30(37)34(29(22)35)18-8-13-26(36)32-19-20-9-7-17-33-16-6-5-11-23(20)33/h3-4,10,12,14-15,20,23,29H,5-9,11,13,16-19H2,1-2H3,(H,32,36)/t20-,23+,29?/m0/s1. The van der Waals surface area contributed by atoms with Crippen LogP contribution >= 0.6 is 0 Å². The molecule has 9 nitrogen and oxygen atoms in total. The van der Waals surface area contributed by atoms with Crippen molar-refractivity contribution in [2.75, 3.05) is 45.3 Å². The molecular formula is C31H38N4O5. The second kappa shape index (κ2) is 11.1. The van der Waals surface area contributed by atoms with E-state index in [1.54, 1.807) is 34.1 Å². The first-order chi connectivity index (χ1) is 19.5. The number of carbonyl (C=O) groups excluding carboxylic acids is 3. The third-order valence-electron chi connectivity index (χ3n) is 9.08. The van der Waals surface area contributed by atoms with E-state index in [4.69, 9.17) is 9.47 Å². The van der Waals surface area contributed by atoms with Gasteiger partial charge >= 0.3 is 0 Å². The van der Waals surface area contributed by atoms with Gasteiger partial charge in [0, 0.05) is 31.1 Å². The molecule has 3 amide bonds. The van der Waals surface area contributed by atoms with Gasteiger partial charge in [0.15, 0.2) is 11.5 Å². The lowest BCUT2D eigenvalue weighted by molar-refractivity contribution is -0.121. The maximum atomic E-state index is 13.8. The van der Waals surface area contributed by atoms with Gasteiger partial charge in [0.05, 0.1) is 31.0 Å². The third kappa shape index (κ3) is 4.50. The van der Waals surface area contributed by atoms with Crippen molar-refractivity contribution in [2.24, 2.45) is 5.92 Å². The number of nitrogens with one attached hydrogen (secondary N) is 1. The number of carbonyl (C=O) groups is 3. The average molecular weight is 547 g/mol. The van der Waals surface area contributed by atoms with Crippen LogP contribution in [0.15, 0.2) is 36.4 Å². The summed E-state index contributed by atoms with van der Waals surface area (Å²) in [6.07, 6.45) is 6.38. The highest BCUT2D eigenvalue weighted by atomic mass is 16.5. The zero-order chi connectivity index (χ0) is 27.8. The van der Waals surface area contributed by atoms with Crippen molar-refractivity contribution in [1.82, 2.24) is 15.1 Å². The van der Waals surface area contributed by atoms with Crippen molar-refractivity contribution in [3.05, 3.63) is 53.1 Å². The molecule has 6 rings (SSSR count). The van der Waals surface area contributed by atoms with Crippen LogP contribution in [0.5, 0.6) is 11.5 Å². The van der Waals surface area contributed by atoms with Crippen LogP contribution < -0.4 is 19.7 Å². The predicted octanol–water partition coefficient (Wildman–Crippen LogP) is 3.98. The Kier molecular flexibility index (Phi) is 7.40. The Bertz CT molecular complexity index is 1310.